The van der Waals surface area contributed by atoms with E-state index in [-0.39, 0.29) is 0 Å². The number of hydrogen-bond donors (Lipinski definition) is 0. The van der Waals surface area contributed by atoms with Crippen LogP contribution in [-0.4, -0.2) is 0 Å². The van der Waals surface area contributed by atoms with E-state index in [0.29, 0.717) is 5.41 Å². The lowest BCUT2D eigenvalue weighted by atomic mass is 9.83. The van der Waals surface area contributed by atoms with Gasteiger partial charge in [-0.05, 0) is 17.8 Å². The van der Waals surface area contributed by atoms with Gasteiger partial charge in [-0.3, -0.25) is 0 Å². The van der Waals surface area contributed by atoms with Crippen LogP contribution in [0.5, 0.6) is 0 Å². The van der Waals surface area contributed by atoms with Gasteiger partial charge in [-0.1, -0.05) is 60.3 Å². The Bertz CT molecular complexity index is 103. The van der Waals surface area contributed by atoms with Crippen molar-refractivity contribution in [2.75, 3.05) is 0 Å². The standard InChI is InChI=1S/C12H26/c1-6-11(3)9-8-10-12(4,5)7-2/h11H,6-10H2,1-5H3. The summed E-state index contributed by atoms with van der Waals surface area (Å²) in [6.45, 7) is 11.7. The van der Waals surface area contributed by atoms with Gasteiger partial charge in [0.15, 0.2) is 0 Å². The second-order valence-corrected chi connectivity index (χ2v) is 4.92. The molecule has 0 aliphatic carbocycles. The summed E-state index contributed by atoms with van der Waals surface area (Å²) in [4.78, 5) is 0. The lowest BCUT2D eigenvalue weighted by molar-refractivity contribution is 0.297. The highest BCUT2D eigenvalue weighted by Gasteiger charge is 2.14. The van der Waals surface area contributed by atoms with Crippen molar-refractivity contribution in [1.29, 1.82) is 0 Å². The van der Waals surface area contributed by atoms with Gasteiger partial charge in [-0.25, -0.2) is 0 Å². The molecular weight excluding hydrogens is 144 g/mol. The van der Waals surface area contributed by atoms with E-state index in [1.54, 1.807) is 0 Å². The van der Waals surface area contributed by atoms with E-state index in [2.05, 4.69) is 34.6 Å². The molecule has 0 heteroatoms. The first-order valence-corrected chi connectivity index (χ1v) is 5.52. The molecule has 12 heavy (non-hydrogen) atoms. The smallest absolute Gasteiger partial charge is 0.0357 e. The van der Waals surface area contributed by atoms with Crippen LogP contribution in [0.25, 0.3) is 0 Å². The monoisotopic (exact) mass is 170 g/mol. The van der Waals surface area contributed by atoms with E-state index in [9.17, 15) is 0 Å². The Labute approximate surface area is 78.8 Å². The molecule has 0 aromatic rings. The van der Waals surface area contributed by atoms with Crippen molar-refractivity contribution in [2.24, 2.45) is 11.3 Å². The normalized spacial score (nSPS) is 14.8. The quantitative estimate of drug-likeness (QED) is 0.545. The maximum absolute atomic E-state index is 2.38. The third kappa shape index (κ3) is 5.62. The van der Waals surface area contributed by atoms with E-state index >= 15 is 0 Å². The third-order valence-corrected chi connectivity index (χ3v) is 3.20. The van der Waals surface area contributed by atoms with E-state index in [4.69, 9.17) is 0 Å². The molecule has 1 atom stereocenters. The van der Waals surface area contributed by atoms with E-state index in [1.165, 1.54) is 32.1 Å². The molecule has 0 aliphatic rings. The molecule has 0 fully saturated rings. The molecule has 0 N–H and O–H groups in total. The molecule has 0 saturated carbocycles. The number of rotatable bonds is 6. The highest BCUT2D eigenvalue weighted by atomic mass is 14.2. The minimum atomic E-state index is 0.577. The Morgan fingerprint density at radius 3 is 2.17 bits per heavy atom. The maximum atomic E-state index is 2.38. The van der Waals surface area contributed by atoms with Crippen LogP contribution in [0.3, 0.4) is 0 Å². The topological polar surface area (TPSA) is 0 Å². The highest BCUT2D eigenvalue weighted by Crippen LogP contribution is 2.28. The van der Waals surface area contributed by atoms with Gasteiger partial charge in [0.1, 0.15) is 0 Å². The average molecular weight is 170 g/mol. The molecule has 0 rings (SSSR count). The van der Waals surface area contributed by atoms with E-state index in [0.717, 1.165) is 5.92 Å². The summed E-state index contributed by atoms with van der Waals surface area (Å²) >= 11 is 0. The van der Waals surface area contributed by atoms with Crippen molar-refractivity contribution < 1.29 is 0 Å². The lowest BCUT2D eigenvalue weighted by Gasteiger charge is -2.22. The first kappa shape index (κ1) is 12.0. The highest BCUT2D eigenvalue weighted by molar-refractivity contribution is 4.66. The molecular formula is C12H26. The van der Waals surface area contributed by atoms with Crippen LogP contribution in [0.2, 0.25) is 0 Å². The van der Waals surface area contributed by atoms with Crippen molar-refractivity contribution in [2.45, 2.75) is 66.7 Å². The van der Waals surface area contributed by atoms with Crippen LogP contribution < -0.4 is 0 Å². The molecule has 74 valence electrons. The zero-order chi connectivity index (χ0) is 9.61. The summed E-state index contributed by atoms with van der Waals surface area (Å²) in [5.74, 6) is 0.928. The summed E-state index contributed by atoms with van der Waals surface area (Å²) in [5.41, 5.74) is 0.577. The molecule has 0 spiro atoms. The molecule has 0 saturated heterocycles. The Hall–Kier alpha value is 0. The Morgan fingerprint density at radius 1 is 1.17 bits per heavy atom. The molecule has 0 radical (unpaired) electrons. The van der Waals surface area contributed by atoms with Crippen LogP contribution in [-0.2, 0) is 0 Å². The van der Waals surface area contributed by atoms with Gasteiger partial charge in [0, 0.05) is 0 Å². The first-order chi connectivity index (χ1) is 5.52. The fraction of sp³-hybridized carbons (Fsp3) is 1.00. The zero-order valence-corrected chi connectivity index (χ0v) is 9.61. The van der Waals surface area contributed by atoms with Crippen molar-refractivity contribution in [3.8, 4) is 0 Å². The van der Waals surface area contributed by atoms with Crippen molar-refractivity contribution >= 4 is 0 Å². The summed E-state index contributed by atoms with van der Waals surface area (Å²) in [5, 5.41) is 0. The molecule has 1 unspecified atom stereocenters. The van der Waals surface area contributed by atoms with E-state index in [1.807, 2.05) is 0 Å². The predicted octanol–water partition coefficient (Wildman–Crippen LogP) is 4.64. The largest absolute Gasteiger partial charge is 0.0651 e. The maximum Gasteiger partial charge on any atom is -0.0357 e. The summed E-state index contributed by atoms with van der Waals surface area (Å²) in [7, 11) is 0. The second-order valence-electron chi connectivity index (χ2n) is 4.92. The van der Waals surface area contributed by atoms with Crippen LogP contribution >= 0.6 is 0 Å². The summed E-state index contributed by atoms with van der Waals surface area (Å²) < 4.78 is 0. The van der Waals surface area contributed by atoms with Gasteiger partial charge in [0.25, 0.3) is 0 Å². The van der Waals surface area contributed by atoms with Crippen molar-refractivity contribution in [3.63, 3.8) is 0 Å². The minimum absolute atomic E-state index is 0.577. The van der Waals surface area contributed by atoms with Gasteiger partial charge >= 0.3 is 0 Å². The van der Waals surface area contributed by atoms with Crippen LogP contribution in [0.15, 0.2) is 0 Å². The summed E-state index contributed by atoms with van der Waals surface area (Å²) in [6.07, 6.45) is 6.88. The Kier molecular flexibility index (Phi) is 5.61. The van der Waals surface area contributed by atoms with Gasteiger partial charge < -0.3 is 0 Å². The molecule has 0 nitrogen and oxygen atoms in total. The summed E-state index contributed by atoms with van der Waals surface area (Å²) in [6, 6.07) is 0. The molecule has 0 aliphatic heterocycles. The second kappa shape index (κ2) is 5.61. The van der Waals surface area contributed by atoms with E-state index < -0.39 is 0 Å². The molecule has 0 aromatic carbocycles. The Balaban J connectivity index is 3.42. The number of hydrogen-bond acceptors (Lipinski definition) is 0. The molecule has 0 aromatic heterocycles. The first-order valence-electron chi connectivity index (χ1n) is 5.52. The van der Waals surface area contributed by atoms with Gasteiger partial charge in [0.2, 0.25) is 0 Å². The fourth-order valence-electron chi connectivity index (χ4n) is 1.31. The molecule has 0 bridgehead atoms. The third-order valence-electron chi connectivity index (χ3n) is 3.20. The van der Waals surface area contributed by atoms with Gasteiger partial charge in [-0.2, -0.15) is 0 Å². The Morgan fingerprint density at radius 2 is 1.75 bits per heavy atom. The van der Waals surface area contributed by atoms with Crippen LogP contribution in [0.1, 0.15) is 66.7 Å². The fourth-order valence-corrected chi connectivity index (χ4v) is 1.31. The van der Waals surface area contributed by atoms with Crippen molar-refractivity contribution in [1.82, 2.24) is 0 Å². The van der Waals surface area contributed by atoms with Crippen molar-refractivity contribution in [3.05, 3.63) is 0 Å². The average Bonchev–Trinajstić information content (AvgIpc) is 2.04. The SMILES string of the molecule is CCC(C)CCCC(C)(C)CC. The molecule has 0 amide bonds. The lowest BCUT2D eigenvalue weighted by Crippen LogP contribution is -2.09. The predicted molar refractivity (Wildman–Crippen MR) is 57.4 cm³/mol. The van der Waals surface area contributed by atoms with Crippen LogP contribution in [0.4, 0.5) is 0 Å². The zero-order valence-electron chi connectivity index (χ0n) is 9.61. The minimum Gasteiger partial charge on any atom is -0.0651 e. The van der Waals surface area contributed by atoms with Gasteiger partial charge in [-0.15, -0.1) is 0 Å². The van der Waals surface area contributed by atoms with Crippen LogP contribution in [0, 0.1) is 11.3 Å². The molecule has 0 heterocycles. The van der Waals surface area contributed by atoms with Gasteiger partial charge in [0.05, 0.1) is 0 Å².